The largest absolute Gasteiger partial charge is 0.364 e. The average Bonchev–Trinajstić information content (AvgIpc) is 2.95. The highest BCUT2D eigenvalue weighted by molar-refractivity contribution is 5.37. The lowest BCUT2D eigenvalue weighted by atomic mass is 9.96. The number of ether oxygens (including phenoxy) is 1. The fraction of sp³-hybridized carbons (Fsp3) is 0.600. The molecule has 1 saturated heterocycles. The van der Waals surface area contributed by atoms with Gasteiger partial charge in [0.25, 0.3) is 0 Å². The lowest BCUT2D eigenvalue weighted by Crippen LogP contribution is -2.53. The van der Waals surface area contributed by atoms with Gasteiger partial charge in [-0.1, -0.05) is 37.1 Å². The van der Waals surface area contributed by atoms with Gasteiger partial charge in [0.1, 0.15) is 0 Å². The van der Waals surface area contributed by atoms with Crippen LogP contribution >= 0.6 is 0 Å². The molecule has 0 radical (unpaired) electrons. The third kappa shape index (κ3) is 1.47. The van der Waals surface area contributed by atoms with E-state index in [1.807, 2.05) is 0 Å². The van der Waals surface area contributed by atoms with E-state index in [-0.39, 0.29) is 5.60 Å². The fourth-order valence-electron chi connectivity index (χ4n) is 3.83. The Kier molecular flexibility index (Phi) is 2.12. The summed E-state index contributed by atoms with van der Waals surface area (Å²) in [6.07, 6.45) is 6.59. The van der Waals surface area contributed by atoms with Crippen LogP contribution in [0.5, 0.6) is 0 Å². The molecule has 1 spiro atoms. The van der Waals surface area contributed by atoms with E-state index in [0.29, 0.717) is 12.1 Å². The van der Waals surface area contributed by atoms with Gasteiger partial charge in [0, 0.05) is 12.6 Å². The SMILES string of the molecule is c1ccc2c(c1)CC1NCC3(CCCC3)OC21. The summed E-state index contributed by atoms with van der Waals surface area (Å²) in [6, 6.07) is 9.29. The molecule has 1 aromatic rings. The van der Waals surface area contributed by atoms with E-state index in [1.54, 1.807) is 0 Å². The minimum atomic E-state index is 0.151. The van der Waals surface area contributed by atoms with Gasteiger partial charge in [-0.2, -0.15) is 0 Å². The normalized spacial score (nSPS) is 33.6. The van der Waals surface area contributed by atoms with Crippen LogP contribution in [0.1, 0.15) is 42.9 Å². The summed E-state index contributed by atoms with van der Waals surface area (Å²) >= 11 is 0. The maximum atomic E-state index is 6.52. The molecule has 0 bridgehead atoms. The summed E-state index contributed by atoms with van der Waals surface area (Å²) in [7, 11) is 0. The third-order valence-electron chi connectivity index (χ3n) is 4.75. The molecule has 2 atom stereocenters. The summed E-state index contributed by atoms with van der Waals surface area (Å²) in [5, 5.41) is 3.74. The van der Waals surface area contributed by atoms with Gasteiger partial charge < -0.3 is 10.1 Å². The Morgan fingerprint density at radius 3 is 2.88 bits per heavy atom. The molecule has 0 amide bonds. The highest BCUT2D eigenvalue weighted by Gasteiger charge is 2.46. The van der Waals surface area contributed by atoms with E-state index in [0.717, 1.165) is 13.0 Å². The van der Waals surface area contributed by atoms with Crippen LogP contribution in [0.4, 0.5) is 0 Å². The molecule has 1 saturated carbocycles. The second-order valence-electron chi connectivity index (χ2n) is 5.82. The highest BCUT2D eigenvalue weighted by Crippen LogP contribution is 2.45. The first-order valence-electron chi connectivity index (χ1n) is 6.85. The quantitative estimate of drug-likeness (QED) is 0.738. The third-order valence-corrected chi connectivity index (χ3v) is 4.75. The Morgan fingerprint density at radius 2 is 2.00 bits per heavy atom. The predicted octanol–water partition coefficient (Wildman–Crippen LogP) is 2.59. The van der Waals surface area contributed by atoms with Crippen molar-refractivity contribution in [1.29, 1.82) is 0 Å². The molecule has 1 heterocycles. The van der Waals surface area contributed by atoms with Gasteiger partial charge in [-0.15, -0.1) is 0 Å². The van der Waals surface area contributed by atoms with Crippen molar-refractivity contribution in [2.45, 2.75) is 49.9 Å². The van der Waals surface area contributed by atoms with Crippen LogP contribution < -0.4 is 5.32 Å². The molecule has 3 aliphatic rings. The van der Waals surface area contributed by atoms with Crippen molar-refractivity contribution in [3.05, 3.63) is 35.4 Å². The molecular weight excluding hydrogens is 210 g/mol. The summed E-state index contributed by atoms with van der Waals surface area (Å²) in [5.74, 6) is 0. The lowest BCUT2D eigenvalue weighted by molar-refractivity contribution is -0.129. The highest BCUT2D eigenvalue weighted by atomic mass is 16.5. The zero-order valence-electron chi connectivity index (χ0n) is 10.1. The molecule has 2 aliphatic carbocycles. The number of morpholine rings is 1. The van der Waals surface area contributed by atoms with E-state index in [4.69, 9.17) is 4.74 Å². The van der Waals surface area contributed by atoms with Crippen molar-refractivity contribution in [2.24, 2.45) is 0 Å². The minimum Gasteiger partial charge on any atom is -0.364 e. The molecule has 90 valence electrons. The molecule has 2 nitrogen and oxygen atoms in total. The van der Waals surface area contributed by atoms with Crippen LogP contribution in [0.15, 0.2) is 24.3 Å². The van der Waals surface area contributed by atoms with Crippen LogP contribution in [-0.2, 0) is 11.2 Å². The molecule has 2 heteroatoms. The zero-order chi connectivity index (χ0) is 11.3. The summed E-state index contributed by atoms with van der Waals surface area (Å²) < 4.78 is 6.52. The zero-order valence-corrected chi connectivity index (χ0v) is 10.1. The van der Waals surface area contributed by atoms with Gasteiger partial charge in [0.15, 0.2) is 0 Å². The Hall–Kier alpha value is -0.860. The van der Waals surface area contributed by atoms with Gasteiger partial charge in [0.05, 0.1) is 11.7 Å². The van der Waals surface area contributed by atoms with Gasteiger partial charge in [-0.3, -0.25) is 0 Å². The van der Waals surface area contributed by atoms with Gasteiger partial charge >= 0.3 is 0 Å². The van der Waals surface area contributed by atoms with Crippen molar-refractivity contribution in [2.75, 3.05) is 6.54 Å². The monoisotopic (exact) mass is 229 g/mol. The Morgan fingerprint density at radius 1 is 1.18 bits per heavy atom. The Labute approximate surface area is 102 Å². The number of nitrogens with one attached hydrogen (secondary N) is 1. The van der Waals surface area contributed by atoms with Gasteiger partial charge in [-0.05, 0) is 30.4 Å². The average molecular weight is 229 g/mol. The first-order valence-corrected chi connectivity index (χ1v) is 6.85. The second-order valence-corrected chi connectivity index (χ2v) is 5.82. The van der Waals surface area contributed by atoms with Crippen molar-refractivity contribution >= 4 is 0 Å². The van der Waals surface area contributed by atoms with E-state index in [9.17, 15) is 0 Å². The molecule has 0 aromatic heterocycles. The number of fused-ring (bicyclic) bond motifs is 3. The second kappa shape index (κ2) is 3.56. The van der Waals surface area contributed by atoms with E-state index >= 15 is 0 Å². The number of hydrogen-bond donors (Lipinski definition) is 1. The smallest absolute Gasteiger partial charge is 0.0991 e. The predicted molar refractivity (Wildman–Crippen MR) is 67.0 cm³/mol. The first kappa shape index (κ1) is 10.1. The molecule has 1 N–H and O–H groups in total. The number of benzene rings is 1. The van der Waals surface area contributed by atoms with Gasteiger partial charge in [0.2, 0.25) is 0 Å². The minimum absolute atomic E-state index is 0.151. The lowest BCUT2D eigenvalue weighted by Gasteiger charge is -2.41. The molecule has 1 aromatic carbocycles. The Balaban J connectivity index is 1.67. The molecule has 1 aliphatic heterocycles. The summed E-state index contributed by atoms with van der Waals surface area (Å²) in [6.45, 7) is 1.06. The molecule has 2 unspecified atom stereocenters. The molecule has 2 fully saturated rings. The van der Waals surface area contributed by atoms with E-state index in [1.165, 1.54) is 36.8 Å². The van der Waals surface area contributed by atoms with Crippen LogP contribution in [0.25, 0.3) is 0 Å². The van der Waals surface area contributed by atoms with E-state index < -0.39 is 0 Å². The van der Waals surface area contributed by atoms with Gasteiger partial charge in [-0.25, -0.2) is 0 Å². The van der Waals surface area contributed by atoms with Crippen molar-refractivity contribution < 1.29 is 4.74 Å². The standard InChI is InChI=1S/C15H19NO/c1-2-6-12-11(5-1)9-13-14(12)17-15(10-16-13)7-3-4-8-15/h1-2,5-6,13-14,16H,3-4,7-10H2. The van der Waals surface area contributed by atoms with Crippen LogP contribution in [0.3, 0.4) is 0 Å². The van der Waals surface area contributed by atoms with Crippen LogP contribution in [0, 0.1) is 0 Å². The first-order chi connectivity index (χ1) is 8.36. The Bertz CT molecular complexity index is 436. The maximum Gasteiger partial charge on any atom is 0.0991 e. The number of hydrogen-bond acceptors (Lipinski definition) is 2. The number of rotatable bonds is 0. The van der Waals surface area contributed by atoms with E-state index in [2.05, 4.69) is 29.6 Å². The molecular formula is C15H19NO. The van der Waals surface area contributed by atoms with Crippen LogP contribution in [-0.4, -0.2) is 18.2 Å². The fourth-order valence-corrected chi connectivity index (χ4v) is 3.83. The summed E-state index contributed by atoms with van der Waals surface area (Å²) in [5.41, 5.74) is 3.06. The van der Waals surface area contributed by atoms with Crippen molar-refractivity contribution in [3.8, 4) is 0 Å². The van der Waals surface area contributed by atoms with Crippen molar-refractivity contribution in [1.82, 2.24) is 5.32 Å². The van der Waals surface area contributed by atoms with Crippen LogP contribution in [0.2, 0.25) is 0 Å². The molecule has 4 rings (SSSR count). The molecule has 17 heavy (non-hydrogen) atoms. The summed E-state index contributed by atoms with van der Waals surface area (Å²) in [4.78, 5) is 0. The maximum absolute atomic E-state index is 6.52. The van der Waals surface area contributed by atoms with Crippen molar-refractivity contribution in [3.63, 3.8) is 0 Å². The topological polar surface area (TPSA) is 21.3 Å².